The van der Waals surface area contributed by atoms with Gasteiger partial charge in [-0.3, -0.25) is 0 Å². The molecule has 194 valence electrons. The van der Waals surface area contributed by atoms with Crippen LogP contribution in [0.15, 0.2) is 41.6 Å². The number of halogens is 9. The number of likely N-dealkylation sites (tertiary alicyclic amines) is 1. The molecule has 4 rings (SSSR count). The first-order valence-electron chi connectivity index (χ1n) is 10.3. The summed E-state index contributed by atoms with van der Waals surface area (Å²) < 4.78 is 97.8. The van der Waals surface area contributed by atoms with E-state index in [4.69, 9.17) is 28.0 Å². The highest BCUT2D eigenvalue weighted by molar-refractivity contribution is 6.42. The van der Waals surface area contributed by atoms with Crippen LogP contribution in [0.1, 0.15) is 28.7 Å². The van der Waals surface area contributed by atoms with Crippen molar-refractivity contribution in [3.8, 4) is 0 Å². The number of benzene rings is 2. The molecule has 2 aromatic carbocycles. The zero-order valence-electron chi connectivity index (χ0n) is 18.2. The first-order chi connectivity index (χ1) is 16.6. The summed E-state index contributed by atoms with van der Waals surface area (Å²) in [5.74, 6) is 0. The minimum atomic E-state index is -5.18. The van der Waals surface area contributed by atoms with E-state index in [0.717, 1.165) is 0 Å². The summed E-state index contributed by atoms with van der Waals surface area (Å²) in [6.45, 7) is -0.405. The number of alkyl halides is 7. The Hall–Kier alpha value is -2.73. The Balaban J connectivity index is 1.62. The smallest absolute Gasteiger partial charge is 0.374 e. The van der Waals surface area contributed by atoms with Crippen LogP contribution in [0.4, 0.5) is 35.5 Å². The Morgan fingerprint density at radius 2 is 1.67 bits per heavy atom. The van der Waals surface area contributed by atoms with Crippen molar-refractivity contribution < 1.29 is 40.4 Å². The molecule has 0 aromatic heterocycles. The average Bonchev–Trinajstić information content (AvgIpc) is 3.24. The predicted octanol–water partition coefficient (Wildman–Crippen LogP) is 6.41. The maximum absolute atomic E-state index is 15.1. The van der Waals surface area contributed by atoms with Crippen molar-refractivity contribution in [2.45, 2.75) is 30.0 Å². The molecule has 0 radical (unpaired) electrons. The fourth-order valence-electron chi connectivity index (χ4n) is 4.09. The predicted molar refractivity (Wildman–Crippen MR) is 117 cm³/mol. The number of rotatable bonds is 3. The Labute approximate surface area is 209 Å². The lowest BCUT2D eigenvalue weighted by molar-refractivity contribution is -0.276. The molecule has 0 spiro atoms. The van der Waals surface area contributed by atoms with Crippen molar-refractivity contribution in [1.82, 2.24) is 10.2 Å². The summed E-state index contributed by atoms with van der Waals surface area (Å²) in [5.41, 5.74) is -7.41. The number of oxime groups is 1. The summed E-state index contributed by atoms with van der Waals surface area (Å²) in [5, 5.41) is 4.21. The van der Waals surface area contributed by atoms with Crippen LogP contribution >= 0.6 is 23.2 Å². The molecule has 1 atom stereocenters. The van der Waals surface area contributed by atoms with Crippen LogP contribution in [-0.4, -0.2) is 43.0 Å². The number of nitrogens with zero attached hydrogens (tertiary/aromatic N) is 2. The van der Waals surface area contributed by atoms with Crippen LogP contribution in [0, 0.1) is 0 Å². The maximum Gasteiger partial charge on any atom is 0.435 e. The van der Waals surface area contributed by atoms with Crippen molar-refractivity contribution in [3.63, 3.8) is 0 Å². The Morgan fingerprint density at radius 3 is 2.19 bits per heavy atom. The molecular weight excluding hydrogens is 542 g/mol. The molecule has 36 heavy (non-hydrogen) atoms. The minimum Gasteiger partial charge on any atom is -0.374 e. The molecule has 1 unspecified atom stereocenters. The number of hydrogen-bond acceptors (Lipinski definition) is 3. The maximum atomic E-state index is 15.1. The van der Waals surface area contributed by atoms with Crippen molar-refractivity contribution in [2.75, 3.05) is 20.1 Å². The average molecular weight is 558 g/mol. The molecule has 14 heteroatoms. The Morgan fingerprint density at radius 1 is 1.06 bits per heavy atom. The van der Waals surface area contributed by atoms with Crippen molar-refractivity contribution >= 4 is 34.9 Å². The van der Waals surface area contributed by atoms with Gasteiger partial charge in [-0.15, -0.1) is 0 Å². The van der Waals surface area contributed by atoms with Gasteiger partial charge in [0, 0.05) is 19.0 Å². The molecule has 0 saturated carbocycles. The van der Waals surface area contributed by atoms with E-state index in [2.05, 4.69) is 10.5 Å². The van der Waals surface area contributed by atoms with E-state index in [9.17, 15) is 31.1 Å². The van der Waals surface area contributed by atoms with E-state index >= 15 is 4.39 Å². The fourth-order valence-corrected chi connectivity index (χ4v) is 4.53. The molecule has 2 heterocycles. The molecule has 2 aliphatic rings. The van der Waals surface area contributed by atoms with Crippen LogP contribution in [-0.2, 0) is 22.3 Å². The second-order valence-corrected chi connectivity index (χ2v) is 9.19. The molecule has 0 aliphatic carbocycles. The SMILES string of the molecule is CNC(=O)N1CC(F)(c2ccc(C3=NOC(c4cc(Cl)c(Cl)c(C(F)(F)F)c4)(C(F)(F)F)C3)cc2)C1. The van der Waals surface area contributed by atoms with E-state index in [-0.39, 0.29) is 36.0 Å². The molecule has 5 nitrogen and oxygen atoms in total. The Bertz CT molecular complexity index is 1230. The van der Waals surface area contributed by atoms with Gasteiger partial charge in [-0.2, -0.15) is 26.3 Å². The molecule has 0 bridgehead atoms. The molecular formula is C22H16Cl2F7N3O2. The van der Waals surface area contributed by atoms with Gasteiger partial charge in [-0.05, 0) is 23.3 Å². The zero-order chi connectivity index (χ0) is 26.7. The summed E-state index contributed by atoms with van der Waals surface area (Å²) in [7, 11) is 1.41. The molecule has 1 fully saturated rings. The summed E-state index contributed by atoms with van der Waals surface area (Å²) >= 11 is 11.3. The molecule has 2 aromatic rings. The monoisotopic (exact) mass is 557 g/mol. The van der Waals surface area contributed by atoms with E-state index in [0.29, 0.717) is 6.07 Å². The highest BCUT2D eigenvalue weighted by Gasteiger charge is 2.63. The van der Waals surface area contributed by atoms with E-state index in [1.165, 1.54) is 36.2 Å². The summed E-state index contributed by atoms with van der Waals surface area (Å²) in [6, 6.07) is 5.78. The number of carbonyl (C=O) groups is 1. The highest BCUT2D eigenvalue weighted by atomic mass is 35.5. The fraction of sp³-hybridized carbons (Fsp3) is 0.364. The van der Waals surface area contributed by atoms with Gasteiger partial charge in [0.1, 0.15) is 0 Å². The quantitative estimate of drug-likeness (QED) is 0.443. The van der Waals surface area contributed by atoms with Gasteiger partial charge < -0.3 is 15.1 Å². The third kappa shape index (κ3) is 4.34. The number of nitrogens with one attached hydrogen (secondary N) is 1. The second kappa shape index (κ2) is 8.69. The number of urea groups is 1. The lowest BCUT2D eigenvalue weighted by Crippen LogP contribution is -2.60. The minimum absolute atomic E-state index is 0.145. The normalized spacial score (nSPS) is 21.5. The molecule has 1 N–H and O–H groups in total. The van der Waals surface area contributed by atoms with Crippen LogP contribution < -0.4 is 5.32 Å². The van der Waals surface area contributed by atoms with Gasteiger partial charge in [0.15, 0.2) is 5.67 Å². The van der Waals surface area contributed by atoms with Crippen molar-refractivity contribution in [3.05, 3.63) is 68.7 Å². The number of carbonyl (C=O) groups excluding carboxylic acids is 1. The van der Waals surface area contributed by atoms with Crippen LogP contribution in [0.2, 0.25) is 10.0 Å². The van der Waals surface area contributed by atoms with Crippen molar-refractivity contribution in [1.29, 1.82) is 0 Å². The molecule has 2 aliphatic heterocycles. The standard InChI is InChI=1S/C22H16Cl2F7N3O2/c1-32-18(35)34-9-19(25,10-34)12-4-2-11(3-5-12)16-8-20(36-33-16,22(29,30)31)13-6-14(21(26,27)28)17(24)15(23)7-13/h2-7H,8-10H2,1H3,(H,32,35). The van der Waals surface area contributed by atoms with Crippen LogP contribution in [0.5, 0.6) is 0 Å². The number of hydrogen-bond donors (Lipinski definition) is 1. The van der Waals surface area contributed by atoms with Crippen LogP contribution in [0.3, 0.4) is 0 Å². The van der Waals surface area contributed by atoms with E-state index < -0.39 is 57.2 Å². The van der Waals surface area contributed by atoms with Crippen molar-refractivity contribution in [2.24, 2.45) is 5.16 Å². The number of amides is 2. The lowest BCUT2D eigenvalue weighted by Gasteiger charge is -2.44. The summed E-state index contributed by atoms with van der Waals surface area (Å²) in [6.07, 6.45) is -11.2. The van der Waals surface area contributed by atoms with Gasteiger partial charge in [0.25, 0.3) is 5.60 Å². The largest absolute Gasteiger partial charge is 0.435 e. The van der Waals surface area contributed by atoms with Gasteiger partial charge in [0.2, 0.25) is 0 Å². The zero-order valence-corrected chi connectivity index (χ0v) is 19.7. The van der Waals surface area contributed by atoms with Gasteiger partial charge in [-0.1, -0.05) is 52.6 Å². The topological polar surface area (TPSA) is 53.9 Å². The van der Waals surface area contributed by atoms with Crippen LogP contribution in [0.25, 0.3) is 0 Å². The third-order valence-electron chi connectivity index (χ3n) is 6.11. The first-order valence-corrected chi connectivity index (χ1v) is 11.0. The second-order valence-electron chi connectivity index (χ2n) is 8.40. The van der Waals surface area contributed by atoms with E-state index in [1.54, 1.807) is 0 Å². The van der Waals surface area contributed by atoms with Gasteiger partial charge in [0.05, 0.1) is 34.4 Å². The molecule has 2 amide bonds. The van der Waals surface area contributed by atoms with Gasteiger partial charge in [-0.25, -0.2) is 9.18 Å². The summed E-state index contributed by atoms with van der Waals surface area (Å²) in [4.78, 5) is 17.6. The lowest BCUT2D eigenvalue weighted by atomic mass is 9.84. The first kappa shape index (κ1) is 26.3. The molecule has 1 saturated heterocycles. The Kier molecular flexibility index (Phi) is 6.35. The highest BCUT2D eigenvalue weighted by Crippen LogP contribution is 2.51. The third-order valence-corrected chi connectivity index (χ3v) is 6.91. The van der Waals surface area contributed by atoms with Gasteiger partial charge >= 0.3 is 18.4 Å². The van der Waals surface area contributed by atoms with E-state index in [1.807, 2.05) is 0 Å².